The SMILES string of the molecule is CC(C)[C@@H]1CCN(c2ccc(Cl)cc2)C[C@@H]1N(C)C. The average molecular weight is 281 g/mol. The summed E-state index contributed by atoms with van der Waals surface area (Å²) in [4.78, 5) is 4.87. The molecule has 1 fully saturated rings. The number of halogens is 1. The minimum Gasteiger partial charge on any atom is -0.370 e. The third kappa shape index (κ3) is 3.43. The van der Waals surface area contributed by atoms with Crippen LogP contribution < -0.4 is 4.90 Å². The number of nitrogens with zero attached hydrogens (tertiary/aromatic N) is 2. The molecular formula is C16H25ClN2. The van der Waals surface area contributed by atoms with Gasteiger partial charge in [0.25, 0.3) is 0 Å². The fourth-order valence-corrected chi connectivity index (χ4v) is 3.29. The van der Waals surface area contributed by atoms with Crippen molar-refractivity contribution in [2.45, 2.75) is 26.3 Å². The Hall–Kier alpha value is -0.730. The van der Waals surface area contributed by atoms with E-state index < -0.39 is 0 Å². The molecule has 0 spiro atoms. The van der Waals surface area contributed by atoms with Crippen LogP contribution in [0.25, 0.3) is 0 Å². The van der Waals surface area contributed by atoms with E-state index in [1.165, 1.54) is 12.1 Å². The van der Waals surface area contributed by atoms with Gasteiger partial charge in [-0.05, 0) is 56.6 Å². The van der Waals surface area contributed by atoms with Crippen LogP contribution in [-0.4, -0.2) is 38.1 Å². The van der Waals surface area contributed by atoms with Gasteiger partial charge in [0.05, 0.1) is 0 Å². The predicted molar refractivity (Wildman–Crippen MR) is 84.1 cm³/mol. The van der Waals surface area contributed by atoms with Crippen molar-refractivity contribution < 1.29 is 0 Å². The van der Waals surface area contributed by atoms with Crippen LogP contribution in [0, 0.1) is 11.8 Å². The number of likely N-dealkylation sites (N-methyl/N-ethyl adjacent to an activating group) is 1. The molecule has 0 radical (unpaired) electrons. The second kappa shape index (κ2) is 6.15. The number of anilines is 1. The first-order chi connectivity index (χ1) is 8.99. The van der Waals surface area contributed by atoms with Crippen LogP contribution in [-0.2, 0) is 0 Å². The monoisotopic (exact) mass is 280 g/mol. The quantitative estimate of drug-likeness (QED) is 0.832. The summed E-state index contributed by atoms with van der Waals surface area (Å²) in [7, 11) is 4.40. The van der Waals surface area contributed by atoms with Gasteiger partial charge in [-0.1, -0.05) is 25.4 Å². The maximum atomic E-state index is 5.97. The van der Waals surface area contributed by atoms with Crippen LogP contribution in [0.2, 0.25) is 5.02 Å². The van der Waals surface area contributed by atoms with Crippen molar-refractivity contribution >= 4 is 17.3 Å². The summed E-state index contributed by atoms with van der Waals surface area (Å²) >= 11 is 5.97. The highest BCUT2D eigenvalue weighted by molar-refractivity contribution is 6.30. The first kappa shape index (κ1) is 14.7. The zero-order valence-corrected chi connectivity index (χ0v) is 13.2. The van der Waals surface area contributed by atoms with Crippen molar-refractivity contribution in [1.82, 2.24) is 4.90 Å². The molecule has 19 heavy (non-hydrogen) atoms. The lowest BCUT2D eigenvalue weighted by Crippen LogP contribution is -2.51. The van der Waals surface area contributed by atoms with Gasteiger partial charge < -0.3 is 9.80 Å². The van der Waals surface area contributed by atoms with Crippen LogP contribution >= 0.6 is 11.6 Å². The Morgan fingerprint density at radius 3 is 2.37 bits per heavy atom. The molecule has 0 amide bonds. The Labute approximate surface area is 122 Å². The summed E-state index contributed by atoms with van der Waals surface area (Å²) in [6.07, 6.45) is 1.27. The van der Waals surface area contributed by atoms with Crippen LogP contribution in [0.1, 0.15) is 20.3 Å². The molecular weight excluding hydrogens is 256 g/mol. The first-order valence-electron chi connectivity index (χ1n) is 7.16. The van der Waals surface area contributed by atoms with Gasteiger partial charge in [-0.15, -0.1) is 0 Å². The Morgan fingerprint density at radius 2 is 1.84 bits per heavy atom. The van der Waals surface area contributed by atoms with Gasteiger partial charge in [-0.3, -0.25) is 0 Å². The van der Waals surface area contributed by atoms with Gasteiger partial charge in [-0.25, -0.2) is 0 Å². The van der Waals surface area contributed by atoms with Crippen molar-refractivity contribution in [1.29, 1.82) is 0 Å². The Kier molecular flexibility index (Phi) is 4.75. The van der Waals surface area contributed by atoms with Crippen molar-refractivity contribution in [2.75, 3.05) is 32.1 Å². The maximum absolute atomic E-state index is 5.97. The van der Waals surface area contributed by atoms with Gasteiger partial charge in [-0.2, -0.15) is 0 Å². The van der Waals surface area contributed by atoms with Crippen molar-refractivity contribution in [2.24, 2.45) is 11.8 Å². The highest BCUT2D eigenvalue weighted by atomic mass is 35.5. The normalized spacial score (nSPS) is 24.3. The fourth-order valence-electron chi connectivity index (χ4n) is 3.16. The van der Waals surface area contributed by atoms with Crippen LogP contribution in [0.5, 0.6) is 0 Å². The van der Waals surface area contributed by atoms with Gasteiger partial charge >= 0.3 is 0 Å². The van der Waals surface area contributed by atoms with E-state index in [-0.39, 0.29) is 0 Å². The van der Waals surface area contributed by atoms with Crippen molar-refractivity contribution in [3.8, 4) is 0 Å². The summed E-state index contributed by atoms with van der Waals surface area (Å²) in [5.41, 5.74) is 1.29. The maximum Gasteiger partial charge on any atom is 0.0407 e. The number of hydrogen-bond acceptors (Lipinski definition) is 2. The summed E-state index contributed by atoms with van der Waals surface area (Å²) < 4.78 is 0. The molecule has 106 valence electrons. The molecule has 0 unspecified atom stereocenters. The van der Waals surface area contributed by atoms with E-state index in [2.05, 4.69) is 49.9 Å². The summed E-state index contributed by atoms with van der Waals surface area (Å²) in [5.74, 6) is 1.54. The highest BCUT2D eigenvalue weighted by Gasteiger charge is 2.32. The van der Waals surface area contributed by atoms with Gasteiger partial charge in [0.2, 0.25) is 0 Å². The zero-order chi connectivity index (χ0) is 14.0. The van der Waals surface area contributed by atoms with E-state index >= 15 is 0 Å². The molecule has 1 saturated heterocycles. The molecule has 2 atom stereocenters. The van der Waals surface area contributed by atoms with Crippen LogP contribution in [0.15, 0.2) is 24.3 Å². The molecule has 2 rings (SSSR count). The van der Waals surface area contributed by atoms with E-state index in [0.29, 0.717) is 6.04 Å². The molecule has 0 aliphatic carbocycles. The third-order valence-corrected chi connectivity index (χ3v) is 4.60. The van der Waals surface area contributed by atoms with Crippen molar-refractivity contribution in [3.63, 3.8) is 0 Å². The molecule has 0 N–H and O–H groups in total. The van der Waals surface area contributed by atoms with Crippen LogP contribution in [0.3, 0.4) is 0 Å². The second-order valence-corrected chi connectivity index (χ2v) is 6.59. The number of benzene rings is 1. The largest absolute Gasteiger partial charge is 0.370 e. The molecule has 2 nitrogen and oxygen atoms in total. The summed E-state index contributed by atoms with van der Waals surface area (Å²) in [6.45, 7) is 6.95. The first-order valence-corrected chi connectivity index (χ1v) is 7.53. The molecule has 0 aromatic heterocycles. The minimum atomic E-state index is 0.629. The molecule has 1 aliphatic rings. The van der Waals surface area contributed by atoms with Gasteiger partial charge in [0.1, 0.15) is 0 Å². The van der Waals surface area contributed by atoms with E-state index in [1.54, 1.807) is 0 Å². The lowest BCUT2D eigenvalue weighted by molar-refractivity contribution is 0.145. The third-order valence-electron chi connectivity index (χ3n) is 4.35. The number of piperidine rings is 1. The molecule has 0 bridgehead atoms. The Bertz CT molecular complexity index is 400. The number of rotatable bonds is 3. The van der Waals surface area contributed by atoms with E-state index in [0.717, 1.165) is 29.9 Å². The molecule has 1 aromatic carbocycles. The lowest BCUT2D eigenvalue weighted by atomic mass is 9.82. The molecule has 1 aromatic rings. The van der Waals surface area contributed by atoms with Gasteiger partial charge in [0, 0.05) is 29.8 Å². The van der Waals surface area contributed by atoms with Crippen molar-refractivity contribution in [3.05, 3.63) is 29.3 Å². The summed E-state index contributed by atoms with van der Waals surface area (Å²) in [6, 6.07) is 8.85. The van der Waals surface area contributed by atoms with E-state index in [1.807, 2.05) is 12.1 Å². The molecule has 1 heterocycles. The smallest absolute Gasteiger partial charge is 0.0407 e. The average Bonchev–Trinajstić information content (AvgIpc) is 2.38. The molecule has 1 aliphatic heterocycles. The van der Waals surface area contributed by atoms with Gasteiger partial charge in [0.15, 0.2) is 0 Å². The predicted octanol–water partition coefficient (Wildman–Crippen LogP) is 3.75. The standard InChI is InChI=1S/C16H25ClN2/c1-12(2)15-9-10-19(11-16(15)18(3)4)14-7-5-13(17)6-8-14/h5-8,12,15-16H,9-11H2,1-4H3/t15-,16-/m0/s1. The van der Waals surface area contributed by atoms with Crippen LogP contribution in [0.4, 0.5) is 5.69 Å². The summed E-state index contributed by atoms with van der Waals surface area (Å²) in [5, 5.41) is 0.810. The molecule has 3 heteroatoms. The lowest BCUT2D eigenvalue weighted by Gasteiger charge is -2.44. The molecule has 0 saturated carbocycles. The Balaban J connectivity index is 2.12. The fraction of sp³-hybridized carbons (Fsp3) is 0.625. The highest BCUT2D eigenvalue weighted by Crippen LogP contribution is 2.30. The topological polar surface area (TPSA) is 6.48 Å². The van der Waals surface area contributed by atoms with E-state index in [4.69, 9.17) is 11.6 Å². The minimum absolute atomic E-state index is 0.629. The Morgan fingerprint density at radius 1 is 1.21 bits per heavy atom. The zero-order valence-electron chi connectivity index (χ0n) is 12.4. The number of hydrogen-bond donors (Lipinski definition) is 0. The second-order valence-electron chi connectivity index (χ2n) is 6.15. The van der Waals surface area contributed by atoms with E-state index in [9.17, 15) is 0 Å².